The zero-order valence-corrected chi connectivity index (χ0v) is 12.1. The molecule has 2 N–H and O–H groups in total. The van der Waals surface area contributed by atoms with Gasteiger partial charge in [-0.15, -0.1) is 0 Å². The van der Waals surface area contributed by atoms with Gasteiger partial charge in [0.2, 0.25) is 0 Å². The van der Waals surface area contributed by atoms with Crippen LogP contribution in [-0.4, -0.2) is 28.9 Å². The van der Waals surface area contributed by atoms with E-state index in [4.69, 9.17) is 0 Å². The van der Waals surface area contributed by atoms with Crippen LogP contribution in [0.3, 0.4) is 0 Å². The third kappa shape index (κ3) is 3.80. The minimum absolute atomic E-state index is 0.178. The molecule has 1 aromatic heterocycles. The quantitative estimate of drug-likeness (QED) is 0.890. The van der Waals surface area contributed by atoms with Crippen molar-refractivity contribution in [2.75, 3.05) is 0 Å². The van der Waals surface area contributed by atoms with Gasteiger partial charge >= 0.3 is 0 Å². The second-order valence-electron chi connectivity index (χ2n) is 5.96. The minimum atomic E-state index is -0.190. The van der Waals surface area contributed by atoms with E-state index in [1.165, 1.54) is 19.3 Å². The summed E-state index contributed by atoms with van der Waals surface area (Å²) < 4.78 is 0. The van der Waals surface area contributed by atoms with Crippen LogP contribution in [0.25, 0.3) is 0 Å². The van der Waals surface area contributed by atoms with E-state index in [0.29, 0.717) is 17.4 Å². The summed E-state index contributed by atoms with van der Waals surface area (Å²) in [5.74, 6) is -0.368. The Balaban J connectivity index is 1.63. The van der Waals surface area contributed by atoms with Gasteiger partial charge in [0.15, 0.2) is 0 Å². The van der Waals surface area contributed by atoms with Gasteiger partial charge in [-0.1, -0.05) is 25.3 Å². The van der Waals surface area contributed by atoms with Crippen LogP contribution >= 0.6 is 0 Å². The molecule has 1 heterocycles. The molecule has 112 valence electrons. The summed E-state index contributed by atoms with van der Waals surface area (Å²) in [7, 11) is 0. The Labute approximate surface area is 124 Å². The number of carbonyl (C=O) groups is 2. The molecule has 1 aromatic rings. The van der Waals surface area contributed by atoms with Gasteiger partial charge in [-0.05, 0) is 37.8 Å². The zero-order valence-electron chi connectivity index (χ0n) is 12.1. The number of hydrogen-bond donors (Lipinski definition) is 2. The molecule has 0 aromatic carbocycles. The molecule has 0 unspecified atom stereocenters. The number of nitrogens with zero attached hydrogens (tertiary/aromatic N) is 1. The van der Waals surface area contributed by atoms with Crippen molar-refractivity contribution < 1.29 is 9.59 Å². The zero-order chi connectivity index (χ0) is 14.7. The van der Waals surface area contributed by atoms with Gasteiger partial charge in [-0.3, -0.25) is 9.59 Å². The van der Waals surface area contributed by atoms with Gasteiger partial charge in [0.25, 0.3) is 11.8 Å². The van der Waals surface area contributed by atoms with Crippen molar-refractivity contribution in [1.82, 2.24) is 15.6 Å². The second kappa shape index (κ2) is 6.24. The van der Waals surface area contributed by atoms with Crippen LogP contribution in [0.4, 0.5) is 0 Å². The average Bonchev–Trinajstić information content (AvgIpc) is 3.32. The molecule has 0 saturated heterocycles. The molecule has 5 heteroatoms. The summed E-state index contributed by atoms with van der Waals surface area (Å²) in [4.78, 5) is 28.4. The van der Waals surface area contributed by atoms with Crippen LogP contribution in [0.5, 0.6) is 0 Å². The van der Waals surface area contributed by atoms with E-state index in [1.54, 1.807) is 18.2 Å². The van der Waals surface area contributed by atoms with E-state index >= 15 is 0 Å². The SMILES string of the molecule is O=C(NC1CCCCC1)c1cccc(C(=O)NC2CC2)n1. The number of aromatic nitrogens is 1. The Morgan fingerprint density at radius 1 is 0.857 bits per heavy atom. The lowest BCUT2D eigenvalue weighted by Gasteiger charge is -2.22. The van der Waals surface area contributed by atoms with Gasteiger partial charge in [0.1, 0.15) is 11.4 Å². The number of carbonyl (C=O) groups excluding carboxylic acids is 2. The molecule has 2 aliphatic carbocycles. The average molecular weight is 287 g/mol. The largest absolute Gasteiger partial charge is 0.348 e. The van der Waals surface area contributed by atoms with Crippen molar-refractivity contribution >= 4 is 11.8 Å². The van der Waals surface area contributed by atoms with E-state index in [-0.39, 0.29) is 17.9 Å². The van der Waals surface area contributed by atoms with Crippen molar-refractivity contribution in [2.24, 2.45) is 0 Å². The van der Waals surface area contributed by atoms with Gasteiger partial charge < -0.3 is 10.6 Å². The highest BCUT2D eigenvalue weighted by Crippen LogP contribution is 2.19. The van der Waals surface area contributed by atoms with E-state index < -0.39 is 0 Å². The van der Waals surface area contributed by atoms with Gasteiger partial charge in [0, 0.05) is 12.1 Å². The van der Waals surface area contributed by atoms with Crippen LogP contribution in [0, 0.1) is 0 Å². The lowest BCUT2D eigenvalue weighted by molar-refractivity contribution is 0.0922. The minimum Gasteiger partial charge on any atom is -0.348 e. The van der Waals surface area contributed by atoms with E-state index in [2.05, 4.69) is 15.6 Å². The third-order valence-corrected chi connectivity index (χ3v) is 4.07. The molecule has 0 atom stereocenters. The van der Waals surface area contributed by atoms with Gasteiger partial charge in [0.05, 0.1) is 0 Å². The number of hydrogen-bond acceptors (Lipinski definition) is 3. The first kappa shape index (κ1) is 14.0. The first-order valence-electron chi connectivity index (χ1n) is 7.81. The lowest BCUT2D eigenvalue weighted by Crippen LogP contribution is -2.37. The van der Waals surface area contributed by atoms with Crippen LogP contribution in [0.1, 0.15) is 65.9 Å². The van der Waals surface area contributed by atoms with Crippen LogP contribution < -0.4 is 10.6 Å². The molecular weight excluding hydrogens is 266 g/mol. The fraction of sp³-hybridized carbons (Fsp3) is 0.562. The number of pyridine rings is 1. The highest BCUT2D eigenvalue weighted by molar-refractivity contribution is 5.96. The fourth-order valence-electron chi connectivity index (χ4n) is 2.68. The topological polar surface area (TPSA) is 71.1 Å². The molecule has 2 aliphatic rings. The van der Waals surface area contributed by atoms with Gasteiger partial charge in [-0.2, -0.15) is 0 Å². The Morgan fingerprint density at radius 2 is 1.38 bits per heavy atom. The van der Waals surface area contributed by atoms with Crippen molar-refractivity contribution in [1.29, 1.82) is 0 Å². The molecule has 21 heavy (non-hydrogen) atoms. The van der Waals surface area contributed by atoms with Crippen molar-refractivity contribution in [2.45, 2.75) is 57.0 Å². The maximum atomic E-state index is 12.2. The van der Waals surface area contributed by atoms with Crippen LogP contribution in [0.2, 0.25) is 0 Å². The Morgan fingerprint density at radius 3 is 1.90 bits per heavy atom. The van der Waals surface area contributed by atoms with Crippen LogP contribution in [0.15, 0.2) is 18.2 Å². The summed E-state index contributed by atoms with van der Waals surface area (Å²) in [6.07, 6.45) is 7.73. The van der Waals surface area contributed by atoms with Crippen molar-refractivity contribution in [3.63, 3.8) is 0 Å². The summed E-state index contributed by atoms with van der Waals surface area (Å²) in [5, 5.41) is 5.91. The summed E-state index contributed by atoms with van der Waals surface area (Å²) in [6.45, 7) is 0. The molecule has 5 nitrogen and oxygen atoms in total. The standard InChI is InChI=1S/C16H21N3O2/c20-15(17-11-5-2-1-3-6-11)13-7-4-8-14(19-13)16(21)18-12-9-10-12/h4,7-8,11-12H,1-3,5-6,9-10H2,(H,17,20)(H,18,21). The Kier molecular flexibility index (Phi) is 4.18. The molecular formula is C16H21N3O2. The molecule has 0 bridgehead atoms. The maximum Gasteiger partial charge on any atom is 0.270 e. The van der Waals surface area contributed by atoms with E-state index in [9.17, 15) is 9.59 Å². The third-order valence-electron chi connectivity index (χ3n) is 4.07. The molecule has 0 radical (unpaired) electrons. The normalized spacial score (nSPS) is 19.0. The summed E-state index contributed by atoms with van der Waals surface area (Å²) >= 11 is 0. The predicted molar refractivity (Wildman–Crippen MR) is 79.1 cm³/mol. The van der Waals surface area contributed by atoms with Crippen LogP contribution in [-0.2, 0) is 0 Å². The second-order valence-corrected chi connectivity index (χ2v) is 5.96. The monoisotopic (exact) mass is 287 g/mol. The predicted octanol–water partition coefficient (Wildman–Crippen LogP) is 2.04. The van der Waals surface area contributed by atoms with E-state index in [1.807, 2.05) is 0 Å². The Bertz CT molecular complexity index is 534. The number of rotatable bonds is 4. The number of nitrogens with one attached hydrogen (secondary N) is 2. The number of amides is 2. The van der Waals surface area contributed by atoms with Crippen molar-refractivity contribution in [3.8, 4) is 0 Å². The van der Waals surface area contributed by atoms with Gasteiger partial charge in [-0.25, -0.2) is 4.98 Å². The van der Waals surface area contributed by atoms with E-state index in [0.717, 1.165) is 25.7 Å². The molecule has 2 saturated carbocycles. The molecule has 0 spiro atoms. The smallest absolute Gasteiger partial charge is 0.270 e. The summed E-state index contributed by atoms with van der Waals surface area (Å²) in [6, 6.07) is 5.56. The first-order chi connectivity index (χ1) is 10.2. The molecule has 2 fully saturated rings. The first-order valence-corrected chi connectivity index (χ1v) is 7.81. The molecule has 3 rings (SSSR count). The maximum absolute atomic E-state index is 12.2. The highest BCUT2D eigenvalue weighted by Gasteiger charge is 2.25. The Hall–Kier alpha value is -1.91. The van der Waals surface area contributed by atoms with Crippen molar-refractivity contribution in [3.05, 3.63) is 29.6 Å². The molecule has 0 aliphatic heterocycles. The lowest BCUT2D eigenvalue weighted by atomic mass is 9.95. The summed E-state index contributed by atoms with van der Waals surface area (Å²) in [5.41, 5.74) is 0.641. The highest BCUT2D eigenvalue weighted by atomic mass is 16.2. The molecule has 2 amide bonds. The fourth-order valence-corrected chi connectivity index (χ4v) is 2.68.